The number of rotatable bonds is 4. The van der Waals surface area contributed by atoms with Gasteiger partial charge in [0.1, 0.15) is 0 Å². The molecule has 1 aromatic heterocycles. The number of nitrogens with zero attached hydrogens (tertiary/aromatic N) is 1. The van der Waals surface area contributed by atoms with E-state index < -0.39 is 0 Å². The molecule has 2 heterocycles. The van der Waals surface area contributed by atoms with Crippen LogP contribution in [0.1, 0.15) is 23.8 Å². The zero-order valence-corrected chi connectivity index (χ0v) is 13.7. The van der Waals surface area contributed by atoms with Crippen molar-refractivity contribution in [2.45, 2.75) is 19.8 Å². The average Bonchev–Trinajstić information content (AvgIpc) is 3.06. The van der Waals surface area contributed by atoms with Gasteiger partial charge in [-0.1, -0.05) is 6.07 Å². The molecule has 0 unspecified atom stereocenters. The smallest absolute Gasteiger partial charge is 0.248 e. The predicted octanol–water partition coefficient (Wildman–Crippen LogP) is 3.70. The summed E-state index contributed by atoms with van der Waals surface area (Å²) in [5, 5.41) is 4.85. The second-order valence-corrected chi connectivity index (χ2v) is 6.30. The minimum absolute atomic E-state index is 0.155. The van der Waals surface area contributed by atoms with E-state index >= 15 is 0 Å². The fourth-order valence-electron chi connectivity index (χ4n) is 2.71. The maximum atomic E-state index is 12.0. The van der Waals surface area contributed by atoms with Crippen LogP contribution in [-0.4, -0.2) is 18.4 Å². The fraction of sp³-hybridized carbons (Fsp3) is 0.222. The molecule has 1 aliphatic heterocycles. The van der Waals surface area contributed by atoms with Gasteiger partial charge in [-0.05, 0) is 54.6 Å². The van der Waals surface area contributed by atoms with Crippen molar-refractivity contribution in [1.82, 2.24) is 0 Å². The number of amides is 2. The van der Waals surface area contributed by atoms with Crippen LogP contribution in [0.15, 0.2) is 41.8 Å². The summed E-state index contributed by atoms with van der Waals surface area (Å²) in [6, 6.07) is 9.63. The first-order valence-electron chi connectivity index (χ1n) is 7.63. The van der Waals surface area contributed by atoms with Gasteiger partial charge in [0, 0.05) is 35.3 Å². The van der Waals surface area contributed by atoms with E-state index in [1.165, 1.54) is 6.08 Å². The molecule has 4 nitrogen and oxygen atoms in total. The molecule has 0 saturated heterocycles. The van der Waals surface area contributed by atoms with Gasteiger partial charge in [0.2, 0.25) is 11.8 Å². The summed E-state index contributed by atoms with van der Waals surface area (Å²) in [4.78, 5) is 26.7. The van der Waals surface area contributed by atoms with Crippen LogP contribution in [0.4, 0.5) is 11.4 Å². The summed E-state index contributed by atoms with van der Waals surface area (Å²) in [6.07, 6.45) is 4.58. The first kappa shape index (κ1) is 15.5. The van der Waals surface area contributed by atoms with Crippen LogP contribution < -0.4 is 10.2 Å². The van der Waals surface area contributed by atoms with Crippen molar-refractivity contribution in [3.05, 3.63) is 52.2 Å². The lowest BCUT2D eigenvalue weighted by Crippen LogP contribution is -2.34. The Hall–Kier alpha value is -2.40. The summed E-state index contributed by atoms with van der Waals surface area (Å²) >= 11 is 1.59. The zero-order chi connectivity index (χ0) is 16.2. The largest absolute Gasteiger partial charge is 0.323 e. The van der Waals surface area contributed by atoms with Crippen molar-refractivity contribution in [3.63, 3.8) is 0 Å². The average molecular weight is 326 g/mol. The van der Waals surface area contributed by atoms with Gasteiger partial charge in [-0.3, -0.25) is 9.59 Å². The van der Waals surface area contributed by atoms with Gasteiger partial charge in [0.15, 0.2) is 0 Å². The number of hydrogen-bond acceptors (Lipinski definition) is 3. The number of fused-ring (bicyclic) bond motifs is 1. The highest BCUT2D eigenvalue weighted by molar-refractivity contribution is 7.10. The lowest BCUT2D eigenvalue weighted by atomic mass is 10.0. The Labute approximate surface area is 139 Å². The Morgan fingerprint density at radius 1 is 1.35 bits per heavy atom. The van der Waals surface area contributed by atoms with E-state index in [2.05, 4.69) is 5.32 Å². The van der Waals surface area contributed by atoms with Crippen LogP contribution in [0, 0.1) is 0 Å². The standard InChI is InChI=1S/C18H18N2O2S/c1-2-20-16-8-6-14(12-13(16)5-10-18(20)22)19-17(21)9-7-15-4-3-11-23-15/h3-4,6-9,11-12H,2,5,10H2,1H3,(H,19,21)/b9-7+. The third kappa shape index (κ3) is 3.51. The third-order valence-corrected chi connectivity index (χ3v) is 4.64. The number of carbonyl (C=O) groups excluding carboxylic acids is 2. The number of nitrogens with one attached hydrogen (secondary N) is 1. The molecule has 1 N–H and O–H groups in total. The SMILES string of the molecule is CCN1C(=O)CCc2cc(NC(=O)/C=C/c3cccs3)ccc21. The van der Waals surface area contributed by atoms with Gasteiger partial charge in [0.25, 0.3) is 0 Å². The molecule has 0 saturated carbocycles. The molecular formula is C18H18N2O2S. The maximum absolute atomic E-state index is 12.0. The van der Waals surface area contributed by atoms with E-state index in [1.807, 2.05) is 42.6 Å². The highest BCUT2D eigenvalue weighted by atomic mass is 32.1. The van der Waals surface area contributed by atoms with Crippen LogP contribution in [0.25, 0.3) is 6.08 Å². The van der Waals surface area contributed by atoms with Crippen LogP contribution in [0.3, 0.4) is 0 Å². The Balaban J connectivity index is 1.72. The van der Waals surface area contributed by atoms with Crippen molar-refractivity contribution in [2.24, 2.45) is 0 Å². The second-order valence-electron chi connectivity index (χ2n) is 5.32. The number of thiophene rings is 1. The predicted molar refractivity (Wildman–Crippen MR) is 94.8 cm³/mol. The number of benzene rings is 1. The number of aryl methyl sites for hydroxylation is 1. The fourth-order valence-corrected chi connectivity index (χ4v) is 3.33. The van der Waals surface area contributed by atoms with E-state index in [0.717, 1.165) is 28.2 Å². The molecule has 0 aliphatic carbocycles. The molecule has 0 radical (unpaired) electrons. The summed E-state index contributed by atoms with van der Waals surface area (Å²) in [6.45, 7) is 2.64. The molecule has 1 aromatic carbocycles. The number of anilines is 2. The van der Waals surface area contributed by atoms with Gasteiger partial charge >= 0.3 is 0 Å². The topological polar surface area (TPSA) is 49.4 Å². The molecule has 3 rings (SSSR count). The van der Waals surface area contributed by atoms with Crippen molar-refractivity contribution in [2.75, 3.05) is 16.8 Å². The molecule has 0 spiro atoms. The van der Waals surface area contributed by atoms with Gasteiger partial charge in [-0.2, -0.15) is 0 Å². The van der Waals surface area contributed by atoms with Gasteiger partial charge in [-0.25, -0.2) is 0 Å². The zero-order valence-electron chi connectivity index (χ0n) is 12.9. The summed E-state index contributed by atoms with van der Waals surface area (Å²) in [5.41, 5.74) is 2.82. The highest BCUT2D eigenvalue weighted by Crippen LogP contribution is 2.30. The van der Waals surface area contributed by atoms with Crippen molar-refractivity contribution >= 4 is 40.6 Å². The van der Waals surface area contributed by atoms with Crippen LogP contribution in [0.2, 0.25) is 0 Å². The first-order valence-corrected chi connectivity index (χ1v) is 8.51. The van der Waals surface area contributed by atoms with Gasteiger partial charge in [0.05, 0.1) is 0 Å². The molecular weight excluding hydrogens is 308 g/mol. The molecule has 0 bridgehead atoms. The Bertz CT molecular complexity index is 750. The van der Waals surface area contributed by atoms with Crippen LogP contribution in [0.5, 0.6) is 0 Å². The van der Waals surface area contributed by atoms with Crippen molar-refractivity contribution in [3.8, 4) is 0 Å². The summed E-state index contributed by atoms with van der Waals surface area (Å²) < 4.78 is 0. The minimum atomic E-state index is -0.155. The molecule has 1 aliphatic rings. The molecule has 118 valence electrons. The van der Waals surface area contributed by atoms with Crippen molar-refractivity contribution < 1.29 is 9.59 Å². The van der Waals surface area contributed by atoms with Crippen LogP contribution in [-0.2, 0) is 16.0 Å². The molecule has 0 fully saturated rings. The van der Waals surface area contributed by atoms with E-state index in [-0.39, 0.29) is 11.8 Å². The first-order chi connectivity index (χ1) is 11.2. The Morgan fingerprint density at radius 2 is 2.22 bits per heavy atom. The van der Waals surface area contributed by atoms with E-state index in [9.17, 15) is 9.59 Å². The highest BCUT2D eigenvalue weighted by Gasteiger charge is 2.22. The Kier molecular flexibility index (Phi) is 4.57. The van der Waals surface area contributed by atoms with Crippen LogP contribution >= 0.6 is 11.3 Å². The molecule has 0 atom stereocenters. The number of hydrogen-bond donors (Lipinski definition) is 1. The van der Waals surface area contributed by atoms with Crippen molar-refractivity contribution in [1.29, 1.82) is 0 Å². The van der Waals surface area contributed by atoms with Gasteiger partial charge in [-0.15, -0.1) is 11.3 Å². The quantitative estimate of drug-likeness (QED) is 0.871. The molecule has 2 aromatic rings. The lowest BCUT2D eigenvalue weighted by molar-refractivity contribution is -0.118. The molecule has 23 heavy (non-hydrogen) atoms. The second kappa shape index (κ2) is 6.79. The normalized spacial score (nSPS) is 14.1. The Morgan fingerprint density at radius 3 is 2.96 bits per heavy atom. The number of carbonyl (C=O) groups is 2. The van der Waals surface area contributed by atoms with Gasteiger partial charge < -0.3 is 10.2 Å². The maximum Gasteiger partial charge on any atom is 0.248 e. The summed E-state index contributed by atoms with van der Waals surface area (Å²) in [7, 11) is 0. The minimum Gasteiger partial charge on any atom is -0.323 e. The monoisotopic (exact) mass is 326 g/mol. The molecule has 2 amide bonds. The van der Waals surface area contributed by atoms with E-state index in [0.29, 0.717) is 13.0 Å². The third-order valence-electron chi connectivity index (χ3n) is 3.81. The van der Waals surface area contributed by atoms with E-state index in [1.54, 1.807) is 22.3 Å². The van der Waals surface area contributed by atoms with E-state index in [4.69, 9.17) is 0 Å². The molecule has 5 heteroatoms. The lowest BCUT2D eigenvalue weighted by Gasteiger charge is -2.28. The summed E-state index contributed by atoms with van der Waals surface area (Å²) in [5.74, 6) is 0.00764.